The summed E-state index contributed by atoms with van der Waals surface area (Å²) in [5, 5.41) is 0. The Balaban J connectivity index is 1.86. The van der Waals surface area contributed by atoms with Crippen LogP contribution in [0.25, 0.3) is 0 Å². The number of nitrogens with zero attached hydrogens (tertiary/aromatic N) is 2. The van der Waals surface area contributed by atoms with Crippen LogP contribution in [-0.4, -0.2) is 52.8 Å². The summed E-state index contributed by atoms with van der Waals surface area (Å²) in [5.74, 6) is 0.604. The van der Waals surface area contributed by atoms with E-state index in [2.05, 4.69) is 6.07 Å². The smallest absolute Gasteiger partial charge is 0.243 e. The number of anilines is 1. The number of rotatable bonds is 6. The van der Waals surface area contributed by atoms with Gasteiger partial charge in [-0.05, 0) is 29.7 Å². The summed E-state index contributed by atoms with van der Waals surface area (Å²) in [6.07, 6.45) is 1.84. The molecule has 1 heterocycles. The zero-order valence-electron chi connectivity index (χ0n) is 16.2. The van der Waals surface area contributed by atoms with E-state index >= 15 is 0 Å². The molecule has 1 amide bonds. The van der Waals surface area contributed by atoms with Crippen LogP contribution in [0.2, 0.25) is 0 Å². The second kappa shape index (κ2) is 8.10. The Morgan fingerprint density at radius 3 is 2.46 bits per heavy atom. The lowest BCUT2D eigenvalue weighted by Gasteiger charge is -2.31. The van der Waals surface area contributed by atoms with Crippen LogP contribution in [0.1, 0.15) is 11.1 Å². The van der Waals surface area contributed by atoms with Gasteiger partial charge in [-0.2, -0.15) is 0 Å². The highest BCUT2D eigenvalue weighted by Crippen LogP contribution is 2.33. The normalized spacial score (nSPS) is 13.6. The Bertz CT molecular complexity index is 974. The van der Waals surface area contributed by atoms with E-state index in [4.69, 9.17) is 9.47 Å². The minimum Gasteiger partial charge on any atom is -0.497 e. The monoisotopic (exact) mass is 404 g/mol. The lowest BCUT2D eigenvalue weighted by molar-refractivity contribution is -0.130. The second-order valence-electron chi connectivity index (χ2n) is 6.64. The predicted molar refractivity (Wildman–Crippen MR) is 107 cm³/mol. The van der Waals surface area contributed by atoms with Crippen LogP contribution in [0.15, 0.2) is 42.5 Å². The van der Waals surface area contributed by atoms with Gasteiger partial charge in [0, 0.05) is 19.2 Å². The first kappa shape index (κ1) is 20.0. The van der Waals surface area contributed by atoms with E-state index < -0.39 is 10.0 Å². The van der Waals surface area contributed by atoms with Gasteiger partial charge in [0.2, 0.25) is 15.9 Å². The molecule has 0 saturated carbocycles. The standard InChI is InChI=1S/C20H24N2O5S/c1-26-17-8-9-18(19(12-17)27-2)22(28(3,24)25)14-20(23)21-11-10-15-6-4-5-7-16(15)13-21/h4-9,12H,10-11,13-14H2,1-3H3. The zero-order valence-corrected chi connectivity index (χ0v) is 17.0. The number of ether oxygens (including phenoxy) is 2. The zero-order chi connectivity index (χ0) is 20.3. The number of carbonyl (C=O) groups excluding carboxylic acids is 1. The maximum atomic E-state index is 12.9. The van der Waals surface area contributed by atoms with Gasteiger partial charge in [0.05, 0.1) is 26.2 Å². The van der Waals surface area contributed by atoms with Gasteiger partial charge in [-0.15, -0.1) is 0 Å². The molecule has 150 valence electrons. The minimum absolute atomic E-state index is 0.252. The summed E-state index contributed by atoms with van der Waals surface area (Å²) in [6.45, 7) is 0.753. The lowest BCUT2D eigenvalue weighted by Crippen LogP contribution is -2.44. The van der Waals surface area contributed by atoms with Gasteiger partial charge in [0.15, 0.2) is 0 Å². The summed E-state index contributed by atoms with van der Waals surface area (Å²) in [6, 6.07) is 12.8. The maximum Gasteiger partial charge on any atom is 0.243 e. The molecule has 0 spiro atoms. The van der Waals surface area contributed by atoms with Crippen molar-refractivity contribution in [3.05, 3.63) is 53.6 Å². The number of hydrogen-bond donors (Lipinski definition) is 0. The number of carbonyl (C=O) groups is 1. The van der Waals surface area contributed by atoms with Gasteiger partial charge < -0.3 is 14.4 Å². The quantitative estimate of drug-likeness (QED) is 0.737. The Morgan fingerprint density at radius 2 is 1.82 bits per heavy atom. The highest BCUT2D eigenvalue weighted by atomic mass is 32.2. The van der Waals surface area contributed by atoms with Crippen molar-refractivity contribution in [1.29, 1.82) is 0 Å². The van der Waals surface area contributed by atoms with Gasteiger partial charge >= 0.3 is 0 Å². The Hall–Kier alpha value is -2.74. The van der Waals surface area contributed by atoms with Crippen LogP contribution >= 0.6 is 0 Å². The molecule has 28 heavy (non-hydrogen) atoms. The number of benzene rings is 2. The van der Waals surface area contributed by atoms with E-state index in [1.165, 1.54) is 19.8 Å². The molecule has 0 radical (unpaired) electrons. The number of methoxy groups -OCH3 is 2. The van der Waals surface area contributed by atoms with Crippen molar-refractivity contribution in [2.24, 2.45) is 0 Å². The van der Waals surface area contributed by atoms with Crippen molar-refractivity contribution in [3.8, 4) is 11.5 Å². The van der Waals surface area contributed by atoms with E-state index in [0.29, 0.717) is 30.3 Å². The van der Waals surface area contributed by atoms with Gasteiger partial charge in [0.25, 0.3) is 0 Å². The van der Waals surface area contributed by atoms with Gasteiger partial charge in [-0.3, -0.25) is 9.10 Å². The number of hydrogen-bond acceptors (Lipinski definition) is 5. The third kappa shape index (κ3) is 4.22. The average molecular weight is 404 g/mol. The fourth-order valence-electron chi connectivity index (χ4n) is 3.30. The van der Waals surface area contributed by atoms with Crippen LogP contribution in [0, 0.1) is 0 Å². The molecule has 2 aromatic carbocycles. The largest absolute Gasteiger partial charge is 0.497 e. The fourth-order valence-corrected chi connectivity index (χ4v) is 4.16. The molecule has 7 nitrogen and oxygen atoms in total. The SMILES string of the molecule is COc1ccc(N(CC(=O)N2CCc3ccccc3C2)S(C)(=O)=O)c(OC)c1. The molecule has 0 unspecified atom stereocenters. The average Bonchev–Trinajstić information content (AvgIpc) is 2.70. The van der Waals surface area contributed by atoms with Gasteiger partial charge in [0.1, 0.15) is 18.0 Å². The number of amides is 1. The predicted octanol–water partition coefficient (Wildman–Crippen LogP) is 2.05. The molecular weight excluding hydrogens is 380 g/mol. The summed E-state index contributed by atoms with van der Waals surface area (Å²) in [4.78, 5) is 14.6. The first-order chi connectivity index (χ1) is 13.3. The van der Waals surface area contributed by atoms with Crippen molar-refractivity contribution in [2.75, 3.05) is 37.9 Å². The van der Waals surface area contributed by atoms with Crippen molar-refractivity contribution >= 4 is 21.6 Å². The molecule has 0 N–H and O–H groups in total. The molecule has 1 aliphatic heterocycles. The molecule has 2 aromatic rings. The second-order valence-corrected chi connectivity index (χ2v) is 8.55. The van der Waals surface area contributed by atoms with E-state index in [1.54, 1.807) is 23.1 Å². The molecule has 0 fully saturated rings. The summed E-state index contributed by atoms with van der Waals surface area (Å²) < 4.78 is 36.4. The first-order valence-electron chi connectivity index (χ1n) is 8.87. The lowest BCUT2D eigenvalue weighted by atomic mass is 10.00. The van der Waals surface area contributed by atoms with Crippen molar-refractivity contribution < 1.29 is 22.7 Å². The molecule has 1 aliphatic rings. The molecule has 0 saturated heterocycles. The van der Waals surface area contributed by atoms with E-state index in [1.807, 2.05) is 18.2 Å². The topological polar surface area (TPSA) is 76.2 Å². The molecule has 0 bridgehead atoms. The molecule has 3 rings (SSSR count). The fraction of sp³-hybridized carbons (Fsp3) is 0.350. The number of fused-ring (bicyclic) bond motifs is 1. The molecule has 0 atom stereocenters. The molecule has 0 aliphatic carbocycles. The van der Waals surface area contributed by atoms with E-state index in [-0.39, 0.29) is 12.5 Å². The first-order valence-corrected chi connectivity index (χ1v) is 10.7. The van der Waals surface area contributed by atoms with Crippen molar-refractivity contribution in [3.63, 3.8) is 0 Å². The number of sulfonamides is 1. The third-order valence-corrected chi connectivity index (χ3v) is 5.94. The summed E-state index contributed by atoms with van der Waals surface area (Å²) in [5.41, 5.74) is 2.62. The van der Waals surface area contributed by atoms with Crippen LogP contribution in [0.5, 0.6) is 11.5 Å². The third-order valence-electron chi connectivity index (χ3n) is 4.82. The Labute approximate surface area is 165 Å². The van der Waals surface area contributed by atoms with Crippen LogP contribution in [-0.2, 0) is 27.8 Å². The minimum atomic E-state index is -3.70. The van der Waals surface area contributed by atoms with Crippen LogP contribution in [0.4, 0.5) is 5.69 Å². The molecular formula is C20H24N2O5S. The van der Waals surface area contributed by atoms with Crippen molar-refractivity contribution in [1.82, 2.24) is 4.90 Å². The van der Waals surface area contributed by atoms with Gasteiger partial charge in [-0.25, -0.2) is 8.42 Å². The molecule has 0 aromatic heterocycles. The van der Waals surface area contributed by atoms with Crippen molar-refractivity contribution in [2.45, 2.75) is 13.0 Å². The Kier molecular flexibility index (Phi) is 5.79. The molecule has 8 heteroatoms. The van der Waals surface area contributed by atoms with E-state index in [0.717, 1.165) is 22.5 Å². The maximum absolute atomic E-state index is 12.9. The highest BCUT2D eigenvalue weighted by Gasteiger charge is 2.28. The van der Waals surface area contributed by atoms with Crippen LogP contribution < -0.4 is 13.8 Å². The summed E-state index contributed by atoms with van der Waals surface area (Å²) in [7, 11) is -0.738. The Morgan fingerprint density at radius 1 is 1.11 bits per heavy atom. The van der Waals surface area contributed by atoms with Crippen LogP contribution in [0.3, 0.4) is 0 Å². The highest BCUT2D eigenvalue weighted by molar-refractivity contribution is 7.92. The van der Waals surface area contributed by atoms with Gasteiger partial charge in [-0.1, -0.05) is 24.3 Å². The summed E-state index contributed by atoms with van der Waals surface area (Å²) >= 11 is 0. The van der Waals surface area contributed by atoms with E-state index in [9.17, 15) is 13.2 Å².